The Balaban J connectivity index is 1.06. The van der Waals surface area contributed by atoms with Gasteiger partial charge in [-0.3, -0.25) is 4.79 Å². The Morgan fingerprint density at radius 2 is 1.15 bits per heavy atom. The summed E-state index contributed by atoms with van der Waals surface area (Å²) in [6.45, 7) is 6.07. The summed E-state index contributed by atoms with van der Waals surface area (Å²) in [5.41, 5.74) is -2.10. The molecule has 21 heteroatoms. The summed E-state index contributed by atoms with van der Waals surface area (Å²) in [5, 5.41) is 149. The molecule has 2 heterocycles. The molecule has 2 aliphatic heterocycles. The van der Waals surface area contributed by atoms with Crippen molar-refractivity contribution in [3.63, 3.8) is 0 Å². The van der Waals surface area contributed by atoms with Crippen LogP contribution in [0.25, 0.3) is 0 Å². The van der Waals surface area contributed by atoms with Crippen LogP contribution in [0.4, 0.5) is 0 Å². The quantitative estimate of drug-likeness (QED) is 0.0507. The summed E-state index contributed by atoms with van der Waals surface area (Å²) in [4.78, 5) is 14.3. The van der Waals surface area contributed by atoms with E-state index in [1.165, 1.54) is 0 Å². The molecule has 2 bridgehead atoms. The molecule has 0 unspecified atom stereocenters. The van der Waals surface area contributed by atoms with E-state index in [1.54, 1.807) is 0 Å². The van der Waals surface area contributed by atoms with E-state index in [2.05, 4.69) is 13.5 Å². The first-order valence-corrected chi connectivity index (χ1v) is 24.1. The zero-order chi connectivity index (χ0) is 48.7. The highest BCUT2D eigenvalue weighted by molar-refractivity contribution is 5.77. The fourth-order valence-corrected chi connectivity index (χ4v) is 14.4. The number of carbonyl (C=O) groups is 1. The van der Waals surface area contributed by atoms with Crippen molar-refractivity contribution in [2.75, 3.05) is 26.4 Å². The van der Waals surface area contributed by atoms with E-state index >= 15 is 0 Å². The highest BCUT2D eigenvalue weighted by Gasteiger charge is 2.69. The summed E-state index contributed by atoms with van der Waals surface area (Å²) in [7, 11) is 0. The van der Waals surface area contributed by atoms with Crippen LogP contribution in [0.15, 0.2) is 12.2 Å². The first kappa shape index (κ1) is 51.8. The van der Waals surface area contributed by atoms with E-state index in [0.717, 1.165) is 12.0 Å². The van der Waals surface area contributed by atoms with E-state index in [1.807, 2.05) is 6.92 Å². The van der Waals surface area contributed by atoms with Gasteiger partial charge in [0.25, 0.3) is 0 Å². The van der Waals surface area contributed by atoms with Gasteiger partial charge in [0, 0.05) is 25.0 Å². The van der Waals surface area contributed by atoms with Crippen LogP contribution in [-0.2, 0) is 33.2 Å². The second-order valence-electron chi connectivity index (χ2n) is 21.8. The highest BCUT2D eigenvalue weighted by Crippen LogP contribution is 2.74. The van der Waals surface area contributed by atoms with Gasteiger partial charge in [0.2, 0.25) is 6.29 Å². The predicted molar refractivity (Wildman–Crippen MR) is 225 cm³/mol. The molecule has 0 amide bonds. The number of fused-ring (bicyclic) bond motifs is 3. The minimum absolute atomic E-state index is 0.0616. The molecule has 14 N–H and O–H groups in total. The summed E-state index contributed by atoms with van der Waals surface area (Å²) >= 11 is 0. The number of aliphatic hydroxyl groups is 14. The molecule has 0 radical (unpaired) electrons. The van der Waals surface area contributed by atoms with Gasteiger partial charge < -0.3 is 99.9 Å². The zero-order valence-corrected chi connectivity index (χ0v) is 38.1. The number of esters is 1. The van der Waals surface area contributed by atoms with Gasteiger partial charge in [0.05, 0.1) is 48.6 Å². The lowest BCUT2D eigenvalue weighted by molar-refractivity contribution is -0.359. The van der Waals surface area contributed by atoms with Crippen LogP contribution >= 0.6 is 0 Å². The monoisotopic (exact) mass is 962 g/mol. The first-order valence-electron chi connectivity index (χ1n) is 24.1. The number of hydrogen-bond donors (Lipinski definition) is 14. The molecule has 0 aromatic heterocycles. The Kier molecular flexibility index (Phi) is 15.0. The molecule has 8 fully saturated rings. The van der Waals surface area contributed by atoms with Crippen molar-refractivity contribution in [3.8, 4) is 0 Å². The summed E-state index contributed by atoms with van der Waals surface area (Å²) in [6, 6.07) is 0. The van der Waals surface area contributed by atoms with Crippen molar-refractivity contribution in [3.05, 3.63) is 12.2 Å². The first-order chi connectivity index (χ1) is 31.6. The second kappa shape index (κ2) is 19.5. The highest BCUT2D eigenvalue weighted by atomic mass is 16.7. The molecule has 21 nitrogen and oxygen atoms in total. The average molecular weight is 963 g/mol. The molecule has 6 saturated carbocycles. The number of rotatable bonds is 12. The van der Waals surface area contributed by atoms with Crippen LogP contribution in [0.3, 0.4) is 0 Å². The molecule has 0 aromatic carbocycles. The van der Waals surface area contributed by atoms with Crippen molar-refractivity contribution >= 4 is 5.97 Å². The van der Waals surface area contributed by atoms with E-state index in [9.17, 15) is 76.3 Å². The third kappa shape index (κ3) is 8.65. The summed E-state index contributed by atoms with van der Waals surface area (Å²) < 4.78 is 37.7. The van der Waals surface area contributed by atoms with Gasteiger partial charge in [0.15, 0.2) is 6.29 Å². The molecule has 6 aliphatic carbocycles. The van der Waals surface area contributed by atoms with E-state index in [-0.39, 0.29) is 30.1 Å². The van der Waals surface area contributed by atoms with Crippen LogP contribution in [0.2, 0.25) is 0 Å². The van der Waals surface area contributed by atoms with Crippen LogP contribution in [0.1, 0.15) is 84.5 Å². The fourth-order valence-electron chi connectivity index (χ4n) is 14.4. The van der Waals surface area contributed by atoms with Gasteiger partial charge in [-0.25, -0.2) is 0 Å². The van der Waals surface area contributed by atoms with Crippen molar-refractivity contribution in [1.29, 1.82) is 0 Å². The smallest absolute Gasteiger partial charge is 0.314 e. The van der Waals surface area contributed by atoms with Gasteiger partial charge in [0.1, 0.15) is 73.2 Å². The Bertz CT molecular complexity index is 1750. The Morgan fingerprint density at radius 1 is 0.612 bits per heavy atom. The maximum Gasteiger partial charge on any atom is 0.314 e. The molecule has 26 atom stereocenters. The van der Waals surface area contributed by atoms with Gasteiger partial charge in [-0.2, -0.15) is 0 Å². The topological polar surface area (TPSA) is 356 Å². The normalized spacial score (nSPS) is 54.5. The van der Waals surface area contributed by atoms with Crippen molar-refractivity contribution in [2.24, 2.45) is 39.9 Å². The lowest BCUT2D eigenvalue weighted by atomic mass is 9.41. The maximum atomic E-state index is 14.3. The fraction of sp³-hybridized carbons (Fsp3) is 0.935. The van der Waals surface area contributed by atoms with Gasteiger partial charge in [-0.05, 0) is 99.4 Å². The molecular weight excluding hydrogens is 888 g/mol. The molecular formula is C46H74O21. The molecule has 8 rings (SSSR count). The Morgan fingerprint density at radius 3 is 1.73 bits per heavy atom. The maximum absolute atomic E-state index is 14.3. The molecule has 8 aliphatic rings. The van der Waals surface area contributed by atoms with Crippen LogP contribution in [-0.4, -0.2) is 220 Å². The van der Waals surface area contributed by atoms with E-state index in [0.29, 0.717) is 51.4 Å². The van der Waals surface area contributed by atoms with Crippen LogP contribution in [0, 0.1) is 39.9 Å². The Hall–Kier alpha value is -1.55. The van der Waals surface area contributed by atoms with Crippen molar-refractivity contribution < 1.29 is 105 Å². The molecule has 2 saturated heterocycles. The van der Waals surface area contributed by atoms with Gasteiger partial charge >= 0.3 is 5.97 Å². The standard InChI is InChI=1S/C46H74O21/c1-19-13-45-9-5-26-43(2,7-4-8-44(26,3)42(61)66-40-37(60)36(59)32(55)24(16-49)64-40)27(45)6-10-46(19,18-45)67-41-39(63-23-12-21(15-48)29(52)35(58)31(23)54)38(33(56)25(17-50)65-41)62-22-11-20(14-47)28(51)34(57)30(22)53/h20-41,47-60H,1,4-18H2,2-3H3/t20-,21-,22-,23-,24-,25-,26+,27+,28-,29-,30+,31+,32-,33-,34+,35+,36+,37-,38+,39-,40+,41+,43-,44-,45-,46+/m1/s1. The Labute approximate surface area is 388 Å². The van der Waals surface area contributed by atoms with Crippen LogP contribution < -0.4 is 0 Å². The third-order valence-electron chi connectivity index (χ3n) is 18.1. The number of hydrogen-bond acceptors (Lipinski definition) is 21. The largest absolute Gasteiger partial charge is 0.432 e. The zero-order valence-electron chi connectivity index (χ0n) is 38.1. The third-order valence-corrected chi connectivity index (χ3v) is 18.1. The second-order valence-corrected chi connectivity index (χ2v) is 21.8. The lowest BCUT2D eigenvalue weighted by Gasteiger charge is -2.64. The van der Waals surface area contributed by atoms with Crippen LogP contribution in [0.5, 0.6) is 0 Å². The summed E-state index contributed by atoms with van der Waals surface area (Å²) in [5.74, 6) is -2.58. The van der Waals surface area contributed by atoms with E-state index in [4.69, 9.17) is 28.4 Å². The summed E-state index contributed by atoms with van der Waals surface area (Å²) in [6.07, 6.45) is -23.0. The number of ether oxygens (including phenoxy) is 6. The molecule has 67 heavy (non-hydrogen) atoms. The SMILES string of the molecule is C=C1C[C@@]23CC[C@H]4[C@@](C)(CCC[C@@]4(C)C(=O)O[C@@H]4O[C@H](CO)[C@@H](O)[C@H](O)[C@H]4O)[C@@H]2CC[C@]1(O[C@@H]1O[C@H](CO)[C@@H](O)[C@H](O[C@@H]2C[C@H](CO)[C@@H](O)[C@H](O)[C@H]2O)[C@H]1O[C@@H]1C[C@H](CO)[C@@H](O)[C@H](O)[C@H]1O)C3. The minimum Gasteiger partial charge on any atom is -0.432 e. The molecule has 0 aromatic rings. The average Bonchev–Trinajstić information content (AvgIpc) is 3.50. The number of carbonyl (C=O) groups excluding carboxylic acids is 1. The number of aliphatic hydroxyl groups excluding tert-OH is 14. The minimum atomic E-state index is -1.74. The van der Waals surface area contributed by atoms with Gasteiger partial charge in [-0.1, -0.05) is 19.9 Å². The van der Waals surface area contributed by atoms with Gasteiger partial charge in [-0.15, -0.1) is 0 Å². The van der Waals surface area contributed by atoms with Crippen molar-refractivity contribution in [1.82, 2.24) is 0 Å². The molecule has 384 valence electrons. The van der Waals surface area contributed by atoms with E-state index < -0.39 is 171 Å². The lowest BCUT2D eigenvalue weighted by Crippen LogP contribution is -2.67. The predicted octanol–water partition coefficient (Wildman–Crippen LogP) is -3.79. The van der Waals surface area contributed by atoms with Crippen molar-refractivity contribution in [2.45, 2.75) is 200 Å². The molecule has 1 spiro atoms.